The van der Waals surface area contributed by atoms with Gasteiger partial charge in [-0.25, -0.2) is 0 Å². The first-order valence-corrected chi connectivity index (χ1v) is 10.4. The van der Waals surface area contributed by atoms with Crippen LogP contribution < -0.4 is 9.47 Å². The summed E-state index contributed by atoms with van der Waals surface area (Å²) in [5, 5.41) is 20.9. The minimum absolute atomic E-state index is 0.259. The second kappa shape index (κ2) is 13.1. The second-order valence-electron chi connectivity index (χ2n) is 6.75. The summed E-state index contributed by atoms with van der Waals surface area (Å²) in [7, 11) is 1.59. The first kappa shape index (κ1) is 23.1. The molecule has 0 spiro atoms. The van der Waals surface area contributed by atoms with Crippen molar-refractivity contribution in [3.05, 3.63) is 60.3 Å². The summed E-state index contributed by atoms with van der Waals surface area (Å²) >= 11 is 0. The summed E-state index contributed by atoms with van der Waals surface area (Å²) < 4.78 is 10.8. The van der Waals surface area contributed by atoms with Gasteiger partial charge in [0.25, 0.3) is 0 Å². The van der Waals surface area contributed by atoms with E-state index in [1.807, 2.05) is 42.5 Å². The number of aryl methyl sites for hydroxylation is 1. The molecule has 0 bridgehead atoms. The van der Waals surface area contributed by atoms with Gasteiger partial charge in [0, 0.05) is 5.56 Å². The number of hydrogen-bond donors (Lipinski definition) is 1. The first-order valence-electron chi connectivity index (χ1n) is 10.4. The molecule has 160 valence electrons. The third kappa shape index (κ3) is 7.03. The molecule has 0 aliphatic rings. The van der Waals surface area contributed by atoms with E-state index in [0.717, 1.165) is 24.0 Å². The van der Waals surface area contributed by atoms with E-state index in [-0.39, 0.29) is 5.75 Å². The van der Waals surface area contributed by atoms with Crippen LogP contribution >= 0.6 is 0 Å². The number of phenolic OH excluding ortho intramolecular Hbond substituents is 1. The van der Waals surface area contributed by atoms with Gasteiger partial charge >= 0.3 is 0 Å². The largest absolute Gasteiger partial charge is 0.504 e. The van der Waals surface area contributed by atoms with Gasteiger partial charge in [-0.15, -0.1) is 10.2 Å². The van der Waals surface area contributed by atoms with Crippen LogP contribution in [0.1, 0.15) is 45.1 Å². The fraction of sp³-hybridized carbons (Fsp3) is 0.375. The van der Waals surface area contributed by atoms with Crippen molar-refractivity contribution in [1.82, 2.24) is 15.4 Å². The van der Waals surface area contributed by atoms with Gasteiger partial charge in [0.1, 0.15) is 5.69 Å². The summed E-state index contributed by atoms with van der Waals surface area (Å²) in [5.74, 6) is 1.56. The number of para-hydroxylation sites is 1. The zero-order valence-electron chi connectivity index (χ0n) is 18.0. The van der Waals surface area contributed by atoms with E-state index in [4.69, 9.17) is 9.47 Å². The SMILES string of the molecule is CCCCCCOc1c(O)cccc1CC.COc1cnnnc1-c1ccccc1. The van der Waals surface area contributed by atoms with Crippen LogP contribution in [0.5, 0.6) is 17.2 Å². The molecule has 0 radical (unpaired) electrons. The number of ether oxygens (including phenoxy) is 2. The molecule has 3 rings (SSSR count). The average Bonchev–Trinajstić information content (AvgIpc) is 2.80. The van der Waals surface area contributed by atoms with Crippen LogP contribution in [0.15, 0.2) is 54.7 Å². The first-order chi connectivity index (χ1) is 14.7. The number of benzene rings is 2. The summed E-state index contributed by atoms with van der Waals surface area (Å²) in [4.78, 5) is 0. The molecular formula is C24H31N3O3. The Morgan fingerprint density at radius 1 is 0.933 bits per heavy atom. The summed E-state index contributed by atoms with van der Waals surface area (Å²) in [6.45, 7) is 4.96. The molecule has 0 fully saturated rings. The zero-order chi connectivity index (χ0) is 21.6. The molecule has 0 aliphatic carbocycles. The summed E-state index contributed by atoms with van der Waals surface area (Å²) in [5.41, 5.74) is 2.76. The Kier molecular flexibility index (Phi) is 10.1. The lowest BCUT2D eigenvalue weighted by molar-refractivity contribution is 0.286. The molecule has 1 N–H and O–H groups in total. The van der Waals surface area contributed by atoms with Crippen LogP contribution in [0.4, 0.5) is 0 Å². The van der Waals surface area contributed by atoms with E-state index in [1.54, 1.807) is 19.4 Å². The summed E-state index contributed by atoms with van der Waals surface area (Å²) in [6, 6.07) is 15.3. The molecule has 0 saturated carbocycles. The molecule has 0 saturated heterocycles. The predicted octanol–water partition coefficient (Wildman–Crippen LogP) is 5.46. The Morgan fingerprint density at radius 3 is 2.43 bits per heavy atom. The van der Waals surface area contributed by atoms with Gasteiger partial charge in [-0.05, 0) is 29.7 Å². The minimum atomic E-state index is 0.259. The highest BCUT2D eigenvalue weighted by atomic mass is 16.5. The zero-order valence-corrected chi connectivity index (χ0v) is 18.0. The van der Waals surface area contributed by atoms with Crippen molar-refractivity contribution in [2.45, 2.75) is 46.0 Å². The van der Waals surface area contributed by atoms with Crippen molar-refractivity contribution < 1.29 is 14.6 Å². The number of methoxy groups -OCH3 is 1. The number of unbranched alkanes of at least 4 members (excludes halogenated alkanes) is 3. The Balaban J connectivity index is 0.000000215. The topological polar surface area (TPSA) is 77.4 Å². The van der Waals surface area contributed by atoms with Crippen LogP contribution in [0, 0.1) is 0 Å². The predicted molar refractivity (Wildman–Crippen MR) is 119 cm³/mol. The fourth-order valence-corrected chi connectivity index (χ4v) is 2.92. The second-order valence-corrected chi connectivity index (χ2v) is 6.75. The number of phenols is 1. The van der Waals surface area contributed by atoms with E-state index in [1.165, 1.54) is 19.3 Å². The lowest BCUT2D eigenvalue weighted by Gasteiger charge is -2.11. The number of nitrogens with zero attached hydrogens (tertiary/aromatic N) is 3. The Labute approximate surface area is 178 Å². The van der Waals surface area contributed by atoms with Gasteiger partial charge in [-0.1, -0.05) is 75.6 Å². The standard InChI is InChI=1S/C14H22O2.C10H9N3O/c1-3-5-6-7-11-16-14-12(4-2)9-8-10-13(14)15;1-14-9-7-11-13-12-10(9)8-5-3-2-4-6-8/h8-10,15H,3-7,11H2,1-2H3;2-7H,1H3. The Hall–Kier alpha value is -3.15. The maximum atomic E-state index is 9.70. The van der Waals surface area contributed by atoms with Gasteiger partial charge < -0.3 is 14.6 Å². The molecule has 6 nitrogen and oxygen atoms in total. The molecule has 0 amide bonds. The third-order valence-electron chi connectivity index (χ3n) is 4.57. The molecule has 6 heteroatoms. The van der Waals surface area contributed by atoms with Gasteiger partial charge in [0.2, 0.25) is 0 Å². The monoisotopic (exact) mass is 409 g/mol. The maximum absolute atomic E-state index is 9.70. The van der Waals surface area contributed by atoms with Crippen LogP contribution in [0.25, 0.3) is 11.3 Å². The van der Waals surface area contributed by atoms with Gasteiger partial charge in [-0.2, -0.15) is 0 Å². The van der Waals surface area contributed by atoms with E-state index < -0.39 is 0 Å². The van der Waals surface area contributed by atoms with Crippen LogP contribution in [-0.2, 0) is 6.42 Å². The number of hydrogen-bond acceptors (Lipinski definition) is 6. The van der Waals surface area contributed by atoms with Crippen molar-refractivity contribution in [1.29, 1.82) is 0 Å². The van der Waals surface area contributed by atoms with Crippen LogP contribution in [0.2, 0.25) is 0 Å². The summed E-state index contributed by atoms with van der Waals surface area (Å²) in [6.07, 6.45) is 7.19. The normalized spacial score (nSPS) is 10.1. The van der Waals surface area contributed by atoms with Crippen LogP contribution in [-0.4, -0.2) is 34.2 Å². The molecule has 0 atom stereocenters. The number of aromatic hydroxyl groups is 1. The van der Waals surface area contributed by atoms with E-state index in [2.05, 4.69) is 29.3 Å². The smallest absolute Gasteiger partial charge is 0.167 e. The lowest BCUT2D eigenvalue weighted by Crippen LogP contribution is -2.00. The molecule has 1 heterocycles. The van der Waals surface area contributed by atoms with Gasteiger partial charge in [0.15, 0.2) is 17.2 Å². The Bertz CT molecular complexity index is 873. The third-order valence-corrected chi connectivity index (χ3v) is 4.57. The lowest BCUT2D eigenvalue weighted by atomic mass is 10.1. The molecule has 3 aromatic rings. The molecule has 2 aromatic carbocycles. The average molecular weight is 410 g/mol. The molecule has 30 heavy (non-hydrogen) atoms. The van der Waals surface area contributed by atoms with Crippen molar-refractivity contribution in [2.75, 3.05) is 13.7 Å². The highest BCUT2D eigenvalue weighted by Crippen LogP contribution is 2.30. The van der Waals surface area contributed by atoms with Crippen LogP contribution in [0.3, 0.4) is 0 Å². The highest BCUT2D eigenvalue weighted by Gasteiger charge is 2.07. The molecule has 0 unspecified atom stereocenters. The highest BCUT2D eigenvalue weighted by molar-refractivity contribution is 5.64. The minimum Gasteiger partial charge on any atom is -0.504 e. The Morgan fingerprint density at radius 2 is 1.73 bits per heavy atom. The van der Waals surface area contributed by atoms with Crippen molar-refractivity contribution in [3.63, 3.8) is 0 Å². The number of rotatable bonds is 9. The molecular weight excluding hydrogens is 378 g/mol. The van der Waals surface area contributed by atoms with Crippen molar-refractivity contribution in [3.8, 4) is 28.5 Å². The fourth-order valence-electron chi connectivity index (χ4n) is 2.92. The quantitative estimate of drug-likeness (QED) is 0.473. The van der Waals surface area contributed by atoms with Gasteiger partial charge in [-0.3, -0.25) is 0 Å². The van der Waals surface area contributed by atoms with Crippen molar-refractivity contribution >= 4 is 0 Å². The van der Waals surface area contributed by atoms with Crippen molar-refractivity contribution in [2.24, 2.45) is 0 Å². The molecule has 1 aromatic heterocycles. The van der Waals surface area contributed by atoms with Gasteiger partial charge in [0.05, 0.1) is 19.9 Å². The van der Waals surface area contributed by atoms with E-state index >= 15 is 0 Å². The van der Waals surface area contributed by atoms with E-state index in [9.17, 15) is 5.11 Å². The number of aromatic nitrogens is 3. The van der Waals surface area contributed by atoms with E-state index in [0.29, 0.717) is 23.8 Å². The molecule has 0 aliphatic heterocycles. The maximum Gasteiger partial charge on any atom is 0.167 e.